The monoisotopic (exact) mass is 292 g/mol. The first-order valence-electron chi connectivity index (χ1n) is 6.85. The molecule has 5 heteroatoms. The van der Waals surface area contributed by atoms with Gasteiger partial charge in [-0.1, -0.05) is 32.9 Å². The molecule has 0 aliphatic carbocycles. The van der Waals surface area contributed by atoms with Crippen molar-refractivity contribution < 1.29 is 14.7 Å². The number of likely N-dealkylation sites (N-methyl/N-ethyl adjacent to an activating group) is 1. The smallest absolute Gasteiger partial charge is 0.329 e. The Morgan fingerprint density at radius 3 is 1.90 bits per heavy atom. The van der Waals surface area contributed by atoms with Gasteiger partial charge in [0.15, 0.2) is 0 Å². The van der Waals surface area contributed by atoms with Crippen LogP contribution in [0, 0.1) is 0 Å². The quantitative estimate of drug-likeness (QED) is 0.898. The van der Waals surface area contributed by atoms with Crippen molar-refractivity contribution in [3.63, 3.8) is 0 Å². The molecule has 0 atom stereocenters. The lowest BCUT2D eigenvalue weighted by Gasteiger charge is -2.31. The summed E-state index contributed by atoms with van der Waals surface area (Å²) >= 11 is 0. The van der Waals surface area contributed by atoms with Crippen LogP contribution in [0.15, 0.2) is 24.3 Å². The molecular formula is C16H24N2O3. The van der Waals surface area contributed by atoms with E-state index in [1.165, 1.54) is 31.4 Å². The molecule has 21 heavy (non-hydrogen) atoms. The fourth-order valence-corrected chi connectivity index (χ4v) is 1.66. The maximum absolute atomic E-state index is 12.1. The number of nitrogens with zero attached hydrogens (tertiary/aromatic N) is 1. The molecule has 1 aromatic carbocycles. The van der Waals surface area contributed by atoms with Gasteiger partial charge in [0, 0.05) is 12.7 Å². The molecule has 0 heterocycles. The summed E-state index contributed by atoms with van der Waals surface area (Å²) in [7, 11) is 1.47. The van der Waals surface area contributed by atoms with E-state index >= 15 is 0 Å². The molecule has 0 fully saturated rings. The number of carboxylic acids is 1. The van der Waals surface area contributed by atoms with Gasteiger partial charge in [-0.25, -0.2) is 9.59 Å². The molecule has 0 radical (unpaired) electrons. The molecule has 116 valence electrons. The van der Waals surface area contributed by atoms with Crippen LogP contribution in [0.5, 0.6) is 0 Å². The molecule has 0 saturated heterocycles. The van der Waals surface area contributed by atoms with Gasteiger partial charge in [0.25, 0.3) is 0 Å². The number of hydrogen-bond donors (Lipinski definition) is 2. The third-order valence-corrected chi connectivity index (χ3v) is 3.67. The van der Waals surface area contributed by atoms with Crippen molar-refractivity contribution in [2.45, 2.75) is 45.6 Å². The Bertz CT molecular complexity index is 527. The van der Waals surface area contributed by atoms with Gasteiger partial charge in [-0.2, -0.15) is 0 Å². The highest BCUT2D eigenvalue weighted by Gasteiger charge is 2.35. The average Bonchev–Trinajstić information content (AvgIpc) is 2.37. The molecule has 0 bridgehead atoms. The summed E-state index contributed by atoms with van der Waals surface area (Å²) in [6.07, 6.45) is 0. The summed E-state index contributed by atoms with van der Waals surface area (Å²) in [4.78, 5) is 24.4. The first kappa shape index (κ1) is 17.0. The highest BCUT2D eigenvalue weighted by molar-refractivity contribution is 5.93. The van der Waals surface area contributed by atoms with Crippen molar-refractivity contribution in [1.82, 2.24) is 4.90 Å². The van der Waals surface area contributed by atoms with Gasteiger partial charge in [-0.3, -0.25) is 0 Å². The molecule has 0 aliphatic heterocycles. The molecule has 1 aromatic rings. The largest absolute Gasteiger partial charge is 0.480 e. The van der Waals surface area contributed by atoms with E-state index in [1.54, 1.807) is 0 Å². The lowest BCUT2D eigenvalue weighted by atomic mass is 9.87. The predicted molar refractivity (Wildman–Crippen MR) is 83.6 cm³/mol. The highest BCUT2D eigenvalue weighted by atomic mass is 16.4. The normalized spacial score (nSPS) is 11.9. The van der Waals surface area contributed by atoms with Crippen LogP contribution in [-0.2, 0) is 10.2 Å². The fourth-order valence-electron chi connectivity index (χ4n) is 1.66. The Kier molecular flexibility index (Phi) is 4.66. The molecular weight excluding hydrogens is 268 g/mol. The van der Waals surface area contributed by atoms with E-state index in [4.69, 9.17) is 5.11 Å². The third kappa shape index (κ3) is 3.97. The number of urea groups is 1. The minimum Gasteiger partial charge on any atom is -0.480 e. The van der Waals surface area contributed by atoms with E-state index in [0.717, 1.165) is 0 Å². The van der Waals surface area contributed by atoms with Crippen LogP contribution in [0.25, 0.3) is 0 Å². The van der Waals surface area contributed by atoms with E-state index in [1.807, 2.05) is 24.3 Å². The topological polar surface area (TPSA) is 69.6 Å². The van der Waals surface area contributed by atoms with Crippen molar-refractivity contribution in [1.29, 1.82) is 0 Å². The van der Waals surface area contributed by atoms with Gasteiger partial charge in [0.1, 0.15) is 5.54 Å². The number of anilines is 1. The number of hydrogen-bond acceptors (Lipinski definition) is 2. The van der Waals surface area contributed by atoms with Crippen LogP contribution in [0.4, 0.5) is 10.5 Å². The highest BCUT2D eigenvalue weighted by Crippen LogP contribution is 2.24. The van der Waals surface area contributed by atoms with Crippen LogP contribution < -0.4 is 5.32 Å². The first-order chi connectivity index (χ1) is 9.46. The maximum atomic E-state index is 12.1. The average molecular weight is 292 g/mol. The van der Waals surface area contributed by atoms with E-state index < -0.39 is 17.5 Å². The molecule has 2 N–H and O–H groups in total. The van der Waals surface area contributed by atoms with Crippen LogP contribution in [0.1, 0.15) is 40.2 Å². The van der Waals surface area contributed by atoms with E-state index in [9.17, 15) is 9.59 Å². The van der Waals surface area contributed by atoms with Crippen LogP contribution in [-0.4, -0.2) is 34.6 Å². The van der Waals surface area contributed by atoms with Crippen molar-refractivity contribution in [2.24, 2.45) is 0 Å². The summed E-state index contributed by atoms with van der Waals surface area (Å²) in [5.41, 5.74) is 0.584. The minimum absolute atomic E-state index is 0.0463. The number of rotatable bonds is 3. The zero-order valence-corrected chi connectivity index (χ0v) is 13.5. The summed E-state index contributed by atoms with van der Waals surface area (Å²) < 4.78 is 0. The molecule has 0 unspecified atom stereocenters. The lowest BCUT2D eigenvalue weighted by molar-refractivity contribution is -0.146. The second kappa shape index (κ2) is 5.76. The summed E-state index contributed by atoms with van der Waals surface area (Å²) in [5.74, 6) is -1.05. The Hall–Kier alpha value is -2.04. The SMILES string of the molecule is CN(C(=O)Nc1ccc(C(C)(C)C)cc1)C(C)(C)C(=O)O. The number of carbonyl (C=O) groups excluding carboxylic acids is 1. The number of amides is 2. The lowest BCUT2D eigenvalue weighted by Crippen LogP contribution is -2.52. The molecule has 0 saturated carbocycles. The van der Waals surface area contributed by atoms with Gasteiger partial charge in [0.2, 0.25) is 0 Å². The zero-order chi connectivity index (χ0) is 16.4. The van der Waals surface area contributed by atoms with Crippen LogP contribution in [0.2, 0.25) is 0 Å². The van der Waals surface area contributed by atoms with Crippen molar-refractivity contribution in [3.05, 3.63) is 29.8 Å². The second-order valence-corrected chi connectivity index (χ2v) is 6.68. The van der Waals surface area contributed by atoms with Crippen LogP contribution >= 0.6 is 0 Å². The molecule has 1 rings (SSSR count). The molecule has 0 spiro atoms. The molecule has 0 aromatic heterocycles. The van der Waals surface area contributed by atoms with E-state index in [0.29, 0.717) is 5.69 Å². The first-order valence-corrected chi connectivity index (χ1v) is 6.85. The van der Waals surface area contributed by atoms with Crippen molar-refractivity contribution in [2.75, 3.05) is 12.4 Å². The van der Waals surface area contributed by atoms with Crippen LogP contribution in [0.3, 0.4) is 0 Å². The Morgan fingerprint density at radius 1 is 1.05 bits per heavy atom. The second-order valence-electron chi connectivity index (χ2n) is 6.68. The van der Waals surface area contributed by atoms with Gasteiger partial charge < -0.3 is 15.3 Å². The predicted octanol–water partition coefficient (Wildman–Crippen LogP) is 3.31. The number of nitrogens with one attached hydrogen (secondary N) is 1. The molecule has 0 aliphatic rings. The summed E-state index contributed by atoms with van der Waals surface area (Å²) in [6.45, 7) is 9.31. The summed E-state index contributed by atoms with van der Waals surface area (Å²) in [5, 5.41) is 11.8. The van der Waals surface area contributed by atoms with Gasteiger partial charge in [-0.15, -0.1) is 0 Å². The molecule has 2 amide bonds. The summed E-state index contributed by atoms with van der Waals surface area (Å²) in [6, 6.07) is 7.10. The zero-order valence-electron chi connectivity index (χ0n) is 13.5. The van der Waals surface area contributed by atoms with Gasteiger partial charge >= 0.3 is 12.0 Å². The number of carbonyl (C=O) groups is 2. The van der Waals surface area contributed by atoms with Gasteiger partial charge in [0.05, 0.1) is 0 Å². The van der Waals surface area contributed by atoms with E-state index in [2.05, 4.69) is 26.1 Å². The maximum Gasteiger partial charge on any atom is 0.329 e. The van der Waals surface area contributed by atoms with Crippen molar-refractivity contribution in [3.8, 4) is 0 Å². The minimum atomic E-state index is -1.27. The number of carboxylic acid groups (broad SMARTS) is 1. The number of aliphatic carboxylic acids is 1. The molecule has 5 nitrogen and oxygen atoms in total. The Morgan fingerprint density at radius 2 is 1.52 bits per heavy atom. The third-order valence-electron chi connectivity index (χ3n) is 3.67. The standard InChI is InChI=1S/C16H24N2O3/c1-15(2,3)11-7-9-12(10-8-11)17-14(21)18(6)16(4,5)13(19)20/h7-10H,1-6H3,(H,17,21)(H,19,20). The fraction of sp³-hybridized carbons (Fsp3) is 0.500. The Labute approximate surface area is 126 Å². The number of benzene rings is 1. The Balaban J connectivity index is 2.82. The van der Waals surface area contributed by atoms with Gasteiger partial charge in [-0.05, 0) is 37.0 Å². The van der Waals surface area contributed by atoms with E-state index in [-0.39, 0.29) is 5.41 Å². The van der Waals surface area contributed by atoms with Crippen molar-refractivity contribution >= 4 is 17.7 Å².